The summed E-state index contributed by atoms with van der Waals surface area (Å²) >= 11 is 0. The maximum Gasteiger partial charge on any atom is 0.411 e. The Morgan fingerprint density at radius 1 is 1.31 bits per heavy atom. The minimum atomic E-state index is -0.571. The Morgan fingerprint density at radius 3 is 2.81 bits per heavy atom. The van der Waals surface area contributed by atoms with Crippen LogP contribution in [0.5, 0.6) is 0 Å². The summed E-state index contributed by atoms with van der Waals surface area (Å²) in [6.07, 6.45) is -0.571. The number of para-hydroxylation sites is 1. The van der Waals surface area contributed by atoms with E-state index >= 15 is 0 Å². The van der Waals surface area contributed by atoms with Crippen LogP contribution >= 0.6 is 0 Å². The van der Waals surface area contributed by atoms with Crippen molar-refractivity contribution in [2.24, 2.45) is 5.92 Å². The predicted molar refractivity (Wildman–Crippen MR) is 95.9 cm³/mol. The number of non-ortho nitro benzene ring substituents is 1. The summed E-state index contributed by atoms with van der Waals surface area (Å²) in [5.74, 6) is 0.476. The molecular weight excluding hydrogens is 338 g/mol. The highest BCUT2D eigenvalue weighted by molar-refractivity contribution is 5.91. The average Bonchev–Trinajstić information content (AvgIpc) is 3.03. The van der Waals surface area contributed by atoms with Crippen LogP contribution in [-0.4, -0.2) is 22.6 Å². The fourth-order valence-electron chi connectivity index (χ4n) is 2.31. The summed E-state index contributed by atoms with van der Waals surface area (Å²) in [4.78, 5) is 26.7. The molecule has 0 atom stereocenters. The molecule has 1 heterocycles. The van der Waals surface area contributed by atoms with E-state index in [2.05, 4.69) is 10.3 Å². The fourth-order valence-corrected chi connectivity index (χ4v) is 2.31. The van der Waals surface area contributed by atoms with Crippen LogP contribution in [0.3, 0.4) is 0 Å². The van der Waals surface area contributed by atoms with Gasteiger partial charge >= 0.3 is 6.09 Å². The molecule has 8 nitrogen and oxygen atoms in total. The minimum absolute atomic E-state index is 0.0797. The lowest BCUT2D eigenvalue weighted by Crippen LogP contribution is -2.17. The number of hydrogen-bond acceptors (Lipinski definition) is 6. The van der Waals surface area contributed by atoms with Gasteiger partial charge in [-0.3, -0.25) is 15.4 Å². The number of nitro groups is 1. The molecule has 0 saturated carbocycles. The van der Waals surface area contributed by atoms with E-state index in [-0.39, 0.29) is 17.5 Å². The number of nitro benzene ring substituents is 1. The molecule has 8 heteroatoms. The monoisotopic (exact) mass is 355 g/mol. The number of aromatic nitrogens is 1. The zero-order chi connectivity index (χ0) is 18.7. The van der Waals surface area contributed by atoms with Crippen LogP contribution in [0.1, 0.15) is 13.8 Å². The van der Waals surface area contributed by atoms with Crippen LogP contribution in [-0.2, 0) is 4.74 Å². The van der Waals surface area contributed by atoms with Crippen LogP contribution in [0, 0.1) is 16.0 Å². The number of ether oxygens (including phenoxy) is 1. The second-order valence-electron chi connectivity index (χ2n) is 6.09. The van der Waals surface area contributed by atoms with Crippen molar-refractivity contribution in [3.05, 3.63) is 52.6 Å². The Bertz CT molecular complexity index is 964. The van der Waals surface area contributed by atoms with Gasteiger partial charge in [0.25, 0.3) is 5.69 Å². The number of anilines is 1. The van der Waals surface area contributed by atoms with Crippen molar-refractivity contribution in [2.75, 3.05) is 11.9 Å². The summed E-state index contributed by atoms with van der Waals surface area (Å²) in [6.45, 7) is 4.19. The lowest BCUT2D eigenvalue weighted by molar-refractivity contribution is -0.384. The third-order valence-corrected chi connectivity index (χ3v) is 3.52. The number of carbonyl (C=O) groups is 1. The van der Waals surface area contributed by atoms with Crippen molar-refractivity contribution in [1.82, 2.24) is 4.98 Å². The topological polar surface area (TPSA) is 108 Å². The first-order valence-electron chi connectivity index (χ1n) is 8.02. The van der Waals surface area contributed by atoms with Crippen LogP contribution < -0.4 is 5.32 Å². The molecule has 3 aromatic rings. The standard InChI is InChI=1S/C18H17N3O5/c1-11(2)10-25-18(22)20-14-6-4-3-5-13(14)17-19-15-8-7-12(21(23)24)9-16(15)26-17/h3-9,11H,10H2,1-2H3,(H,20,22). The Hall–Kier alpha value is -3.42. The average molecular weight is 355 g/mol. The molecule has 0 bridgehead atoms. The number of nitrogens with one attached hydrogen (secondary N) is 1. The molecule has 0 saturated heterocycles. The van der Waals surface area contributed by atoms with Gasteiger partial charge in [0.15, 0.2) is 5.58 Å². The molecule has 0 fully saturated rings. The lowest BCUT2D eigenvalue weighted by atomic mass is 10.2. The maximum absolute atomic E-state index is 11.9. The van der Waals surface area contributed by atoms with E-state index < -0.39 is 11.0 Å². The minimum Gasteiger partial charge on any atom is -0.449 e. The summed E-state index contributed by atoms with van der Waals surface area (Å²) < 4.78 is 10.8. The van der Waals surface area contributed by atoms with Crippen molar-refractivity contribution in [3.63, 3.8) is 0 Å². The summed E-state index contributed by atoms with van der Waals surface area (Å²) in [6, 6.07) is 11.2. The number of benzene rings is 2. The first-order chi connectivity index (χ1) is 12.4. The number of hydrogen-bond donors (Lipinski definition) is 1. The second kappa shape index (κ2) is 7.22. The third kappa shape index (κ3) is 3.80. The molecule has 0 radical (unpaired) electrons. The second-order valence-corrected chi connectivity index (χ2v) is 6.09. The summed E-state index contributed by atoms with van der Waals surface area (Å²) in [5.41, 5.74) is 1.73. The van der Waals surface area contributed by atoms with Crippen LogP contribution in [0.4, 0.5) is 16.2 Å². The van der Waals surface area contributed by atoms with Gasteiger partial charge in [-0.05, 0) is 24.1 Å². The van der Waals surface area contributed by atoms with Crippen LogP contribution in [0.15, 0.2) is 46.9 Å². The largest absolute Gasteiger partial charge is 0.449 e. The van der Waals surface area contributed by atoms with Gasteiger partial charge in [-0.15, -0.1) is 0 Å². The zero-order valence-corrected chi connectivity index (χ0v) is 14.3. The first-order valence-corrected chi connectivity index (χ1v) is 8.02. The van der Waals surface area contributed by atoms with Gasteiger partial charge in [0, 0.05) is 6.07 Å². The number of rotatable bonds is 5. The molecule has 2 aromatic carbocycles. The first kappa shape index (κ1) is 17.4. The van der Waals surface area contributed by atoms with Crippen molar-refractivity contribution >= 4 is 28.6 Å². The van der Waals surface area contributed by atoms with E-state index in [1.54, 1.807) is 24.3 Å². The Morgan fingerprint density at radius 2 is 2.08 bits per heavy atom. The highest BCUT2D eigenvalue weighted by atomic mass is 16.6. The van der Waals surface area contributed by atoms with Gasteiger partial charge < -0.3 is 9.15 Å². The molecule has 0 unspecified atom stereocenters. The van der Waals surface area contributed by atoms with Crippen LogP contribution in [0.25, 0.3) is 22.6 Å². The van der Waals surface area contributed by atoms with Gasteiger partial charge in [0.2, 0.25) is 5.89 Å². The van der Waals surface area contributed by atoms with Gasteiger partial charge in [-0.25, -0.2) is 9.78 Å². The molecule has 134 valence electrons. The van der Waals surface area contributed by atoms with Gasteiger partial charge in [0.05, 0.1) is 28.8 Å². The molecule has 1 amide bonds. The smallest absolute Gasteiger partial charge is 0.411 e. The lowest BCUT2D eigenvalue weighted by Gasteiger charge is -2.10. The zero-order valence-electron chi connectivity index (χ0n) is 14.3. The number of oxazole rings is 1. The van der Waals surface area contributed by atoms with Gasteiger partial charge in [0.1, 0.15) is 5.52 Å². The van der Waals surface area contributed by atoms with Crippen LogP contribution in [0.2, 0.25) is 0 Å². The quantitative estimate of drug-likeness (QED) is 0.529. The molecule has 0 aliphatic carbocycles. The predicted octanol–water partition coefficient (Wildman–Crippen LogP) is 4.61. The Balaban J connectivity index is 1.91. The molecule has 26 heavy (non-hydrogen) atoms. The third-order valence-electron chi connectivity index (χ3n) is 3.52. The van der Waals surface area contributed by atoms with Crippen molar-refractivity contribution in [3.8, 4) is 11.5 Å². The molecule has 0 spiro atoms. The Kier molecular flexibility index (Phi) is 4.83. The SMILES string of the molecule is CC(C)COC(=O)Nc1ccccc1-c1nc2ccc([N+](=O)[O-])cc2o1. The van der Waals surface area contributed by atoms with E-state index in [4.69, 9.17) is 9.15 Å². The molecule has 1 aromatic heterocycles. The van der Waals surface area contributed by atoms with Gasteiger partial charge in [-0.1, -0.05) is 26.0 Å². The van der Waals surface area contributed by atoms with E-state index in [0.29, 0.717) is 29.0 Å². The molecular formula is C18H17N3O5. The number of carbonyl (C=O) groups excluding carboxylic acids is 1. The fraction of sp³-hybridized carbons (Fsp3) is 0.222. The van der Waals surface area contributed by atoms with Crippen molar-refractivity contribution < 1.29 is 18.9 Å². The number of nitrogens with zero attached hydrogens (tertiary/aromatic N) is 2. The molecule has 0 aliphatic heterocycles. The normalized spacial score (nSPS) is 10.9. The number of fused-ring (bicyclic) bond motifs is 1. The highest BCUT2D eigenvalue weighted by Gasteiger charge is 2.16. The van der Waals surface area contributed by atoms with E-state index in [1.807, 2.05) is 13.8 Å². The molecule has 3 rings (SSSR count). The maximum atomic E-state index is 11.9. The molecule has 1 N–H and O–H groups in total. The summed E-state index contributed by atoms with van der Waals surface area (Å²) in [5, 5.41) is 13.6. The van der Waals surface area contributed by atoms with E-state index in [1.165, 1.54) is 18.2 Å². The van der Waals surface area contributed by atoms with E-state index in [9.17, 15) is 14.9 Å². The highest BCUT2D eigenvalue weighted by Crippen LogP contribution is 2.31. The Labute approximate surface area is 148 Å². The van der Waals surface area contributed by atoms with E-state index in [0.717, 1.165) is 0 Å². The van der Waals surface area contributed by atoms with Crippen molar-refractivity contribution in [2.45, 2.75) is 13.8 Å². The summed E-state index contributed by atoms with van der Waals surface area (Å²) in [7, 11) is 0. The van der Waals surface area contributed by atoms with Crippen molar-refractivity contribution in [1.29, 1.82) is 0 Å². The van der Waals surface area contributed by atoms with Gasteiger partial charge in [-0.2, -0.15) is 0 Å². The molecule has 0 aliphatic rings. The number of amides is 1.